The van der Waals surface area contributed by atoms with Gasteiger partial charge in [-0.25, -0.2) is 19.9 Å². The Balaban J connectivity index is 0.000000564. The quantitative estimate of drug-likeness (QED) is 0.236. The first-order valence-corrected chi connectivity index (χ1v) is 14.2. The van der Waals surface area contributed by atoms with E-state index in [4.69, 9.17) is 36.5 Å². The summed E-state index contributed by atoms with van der Waals surface area (Å²) in [5, 5.41) is 9.57. The van der Waals surface area contributed by atoms with Crippen LogP contribution in [0.25, 0.3) is 0 Å². The number of nitrogens with one attached hydrogen (secondary N) is 1. The van der Waals surface area contributed by atoms with Crippen LogP contribution in [0.5, 0.6) is 0 Å². The molecule has 13 nitrogen and oxygen atoms in total. The highest BCUT2D eigenvalue weighted by molar-refractivity contribution is 7.98. The van der Waals surface area contributed by atoms with E-state index >= 15 is 0 Å². The van der Waals surface area contributed by atoms with E-state index in [0.29, 0.717) is 11.0 Å². The largest absolute Gasteiger partial charge is 0.384 e. The summed E-state index contributed by atoms with van der Waals surface area (Å²) in [6.07, 6.45) is 15.4. The van der Waals surface area contributed by atoms with Gasteiger partial charge in [0.15, 0.2) is 16.1 Å². The van der Waals surface area contributed by atoms with Crippen molar-refractivity contribution < 1.29 is 19.2 Å². The Bertz CT molecular complexity index is 1290. The first-order valence-electron chi connectivity index (χ1n) is 11.4. The van der Waals surface area contributed by atoms with Crippen LogP contribution >= 0.6 is 35.1 Å². The number of halogens is 1. The Morgan fingerprint density at radius 1 is 1.00 bits per heavy atom. The van der Waals surface area contributed by atoms with Crippen molar-refractivity contribution in [3.05, 3.63) is 53.1 Å². The van der Waals surface area contributed by atoms with Gasteiger partial charge >= 0.3 is 12.3 Å². The van der Waals surface area contributed by atoms with E-state index < -0.39 is 0 Å². The molecule has 0 aromatic carbocycles. The smallest absolute Gasteiger partial charge is 0.373 e. The van der Waals surface area contributed by atoms with Crippen LogP contribution < -0.4 is 11.1 Å². The maximum atomic E-state index is 8.12. The zero-order valence-electron chi connectivity index (χ0n) is 22.6. The Morgan fingerprint density at radius 3 is 1.93 bits per heavy atom. The minimum Gasteiger partial charge on any atom is -0.384 e. The second kappa shape index (κ2) is 22.0. The number of anilines is 2. The topological polar surface area (TPSA) is 188 Å². The van der Waals surface area contributed by atoms with Gasteiger partial charge in [0, 0.05) is 42.8 Å². The molecule has 4 heterocycles. The molecule has 0 radical (unpaired) electrons. The Hall–Kier alpha value is -3.87. The van der Waals surface area contributed by atoms with Gasteiger partial charge < -0.3 is 11.1 Å². The molecule has 0 amide bonds. The summed E-state index contributed by atoms with van der Waals surface area (Å²) in [7, 11) is 1.89. The molecule has 214 valence electrons. The monoisotopic (exact) mass is 607 g/mol. The lowest BCUT2D eigenvalue weighted by Crippen LogP contribution is -2.03. The summed E-state index contributed by atoms with van der Waals surface area (Å²) in [6.45, 7) is 4.89. The molecule has 3 N–H and O–H groups in total. The van der Waals surface area contributed by atoms with Gasteiger partial charge in [0.25, 0.3) is 0 Å². The van der Waals surface area contributed by atoms with Crippen LogP contribution in [0.15, 0.2) is 52.1 Å². The minimum absolute atomic E-state index is 0.250. The fraction of sp³-hybridized carbons (Fsp3) is 0.333. The fourth-order valence-electron chi connectivity index (χ4n) is 2.55. The van der Waals surface area contributed by atoms with Gasteiger partial charge in [-0.3, -0.25) is 9.67 Å². The normalized spacial score (nSPS) is 10.4. The molecule has 0 spiro atoms. The number of amidine groups is 1. The summed E-state index contributed by atoms with van der Waals surface area (Å²) in [5.74, 6) is 2.29. The van der Waals surface area contributed by atoms with E-state index in [2.05, 4.69) is 42.3 Å². The highest BCUT2D eigenvalue weighted by Crippen LogP contribution is 2.20. The molecule has 16 heteroatoms. The molecule has 0 bridgehead atoms. The van der Waals surface area contributed by atoms with Crippen molar-refractivity contribution in [1.29, 1.82) is 0 Å². The Morgan fingerprint density at radius 2 is 1.55 bits per heavy atom. The predicted molar refractivity (Wildman–Crippen MR) is 154 cm³/mol. The van der Waals surface area contributed by atoms with Crippen molar-refractivity contribution in [1.82, 2.24) is 29.7 Å². The zero-order valence-corrected chi connectivity index (χ0v) is 25.0. The van der Waals surface area contributed by atoms with Crippen molar-refractivity contribution in [2.45, 2.75) is 37.0 Å². The number of hydrogen-bond donors (Lipinski definition) is 2. The molecule has 0 saturated heterocycles. The van der Waals surface area contributed by atoms with Crippen molar-refractivity contribution in [3.63, 3.8) is 0 Å². The number of aromatic nitrogens is 6. The molecular formula is C24H30ClN9O4S2. The van der Waals surface area contributed by atoms with Crippen molar-refractivity contribution in [2.75, 3.05) is 24.4 Å². The molecule has 40 heavy (non-hydrogen) atoms. The number of thioether (sulfide) groups is 2. The van der Waals surface area contributed by atoms with Crippen LogP contribution in [-0.2, 0) is 39.1 Å². The first kappa shape index (κ1) is 36.1. The molecule has 1 aliphatic heterocycles. The van der Waals surface area contributed by atoms with Crippen molar-refractivity contribution in [2.24, 2.45) is 17.8 Å². The average Bonchev–Trinajstić information content (AvgIpc) is 3.60. The third-order valence-corrected chi connectivity index (χ3v) is 5.84. The van der Waals surface area contributed by atoms with Crippen molar-refractivity contribution >= 4 is 64.9 Å². The molecule has 0 aliphatic carbocycles. The van der Waals surface area contributed by atoms with Gasteiger partial charge in [-0.1, -0.05) is 55.0 Å². The maximum absolute atomic E-state index is 8.12. The number of aliphatic imine (C=N–C) groups is 1. The highest BCUT2D eigenvalue weighted by Gasteiger charge is 2.07. The van der Waals surface area contributed by atoms with Gasteiger partial charge in [-0.05, 0) is 31.4 Å². The van der Waals surface area contributed by atoms with Crippen LogP contribution in [-0.4, -0.2) is 66.9 Å². The van der Waals surface area contributed by atoms with Crippen LogP contribution in [0.3, 0.4) is 0 Å². The second-order valence-electron chi connectivity index (χ2n) is 6.94. The molecule has 0 unspecified atom stereocenters. The molecule has 1 aliphatic rings. The van der Waals surface area contributed by atoms with Gasteiger partial charge in [-0.15, -0.1) is 0 Å². The molecule has 0 saturated carbocycles. The summed E-state index contributed by atoms with van der Waals surface area (Å²) >= 11 is 8.87. The van der Waals surface area contributed by atoms with E-state index in [1.54, 1.807) is 17.0 Å². The third-order valence-electron chi connectivity index (χ3n) is 4.39. The number of carbonyl (C=O) groups excluding carboxylic acids is 4. The predicted octanol–water partition coefficient (Wildman–Crippen LogP) is 3.40. The average molecular weight is 608 g/mol. The minimum atomic E-state index is 0.250. The number of rotatable bonds is 6. The summed E-state index contributed by atoms with van der Waals surface area (Å²) < 4.78 is 1.75. The molecule has 4 rings (SSSR count). The van der Waals surface area contributed by atoms with E-state index in [1.165, 1.54) is 23.5 Å². The van der Waals surface area contributed by atoms with Gasteiger partial charge in [0.05, 0.1) is 6.54 Å². The first-order chi connectivity index (χ1) is 19.2. The second-order valence-corrected chi connectivity index (χ2v) is 8.85. The molecule has 0 fully saturated rings. The number of nitrogens with zero attached hydrogens (tertiary/aromatic N) is 7. The number of aryl methyl sites for hydroxylation is 3. The van der Waals surface area contributed by atoms with Crippen LogP contribution in [0, 0.1) is 0 Å². The summed E-state index contributed by atoms with van der Waals surface area (Å²) in [6, 6.07) is 1.92. The molecule has 3 aromatic heterocycles. The van der Waals surface area contributed by atoms with E-state index in [-0.39, 0.29) is 12.3 Å². The summed E-state index contributed by atoms with van der Waals surface area (Å²) in [4.78, 5) is 53.2. The Labute approximate surface area is 245 Å². The molecule has 0 atom stereocenters. The van der Waals surface area contributed by atoms with E-state index in [9.17, 15) is 0 Å². The lowest BCUT2D eigenvalue weighted by molar-refractivity contribution is -0.193. The van der Waals surface area contributed by atoms with Gasteiger partial charge in [0.1, 0.15) is 16.8 Å². The lowest BCUT2D eigenvalue weighted by Gasteiger charge is -2.08. The standard InChI is InChI=1S/C11H15N5S.C7H9ClN2S.C4H6N2.2CO2/c1-4-8-7-12-11(17-3)14-10(8)13-9-5-6-16(2)15-9;1-3-5-4-9-7(11-2)10-6(5)8;5-4-2-1-3-6-4;2*2-1-3/h5-7H,4H2,1-3H3,(H,12,13,14,15);4H,3H2,1-2H3;1-2H,3H2,(H2,5,6);;. The van der Waals surface area contributed by atoms with Crippen LogP contribution in [0.2, 0.25) is 5.15 Å². The fourth-order valence-corrected chi connectivity index (χ4v) is 3.54. The maximum Gasteiger partial charge on any atom is 0.373 e. The third kappa shape index (κ3) is 14.9. The van der Waals surface area contributed by atoms with Crippen molar-refractivity contribution in [3.8, 4) is 0 Å². The highest BCUT2D eigenvalue weighted by atomic mass is 35.5. The lowest BCUT2D eigenvalue weighted by atomic mass is 10.2. The number of hydrogen-bond acceptors (Lipinski definition) is 14. The van der Waals surface area contributed by atoms with E-state index in [0.717, 1.165) is 52.5 Å². The number of nitrogens with two attached hydrogens (primary N) is 1. The van der Waals surface area contributed by atoms with Crippen LogP contribution in [0.4, 0.5) is 11.6 Å². The Kier molecular flexibility index (Phi) is 19.9. The molecular weight excluding hydrogens is 578 g/mol. The SMILES string of the molecule is CCc1cnc(SC)nc1Cl.CCc1cnc(SC)nc1Nc1ccn(C)n1.NC1=NCC=C1.O=C=O.O=C=O. The van der Waals surface area contributed by atoms with Crippen LogP contribution in [0.1, 0.15) is 25.0 Å². The van der Waals surface area contributed by atoms with Gasteiger partial charge in [-0.2, -0.15) is 24.3 Å². The summed E-state index contributed by atoms with van der Waals surface area (Å²) in [5.41, 5.74) is 7.29. The van der Waals surface area contributed by atoms with Gasteiger partial charge in [0.2, 0.25) is 0 Å². The molecule has 3 aromatic rings. The zero-order chi connectivity index (χ0) is 30.3. The van der Waals surface area contributed by atoms with E-state index in [1.807, 2.05) is 51.0 Å².